The Morgan fingerprint density at radius 1 is 1.11 bits per heavy atom. The van der Waals surface area contributed by atoms with Crippen molar-refractivity contribution in [1.29, 1.82) is 0 Å². The van der Waals surface area contributed by atoms with Gasteiger partial charge in [0.25, 0.3) is 5.91 Å². The maximum absolute atomic E-state index is 12.1. The third-order valence-corrected chi connectivity index (χ3v) is 3.85. The second-order valence-corrected chi connectivity index (χ2v) is 6.15. The summed E-state index contributed by atoms with van der Waals surface area (Å²) in [6.45, 7) is 5.98. The van der Waals surface area contributed by atoms with E-state index in [1.807, 2.05) is 31.5 Å². The molecule has 0 bridgehead atoms. The third-order valence-electron chi connectivity index (χ3n) is 3.85. The van der Waals surface area contributed by atoms with Crippen molar-refractivity contribution in [1.82, 2.24) is 9.78 Å². The molecule has 9 heteroatoms. The number of ether oxygens (including phenoxy) is 3. The number of hydrogen-bond donors (Lipinski definition) is 1. The molecule has 0 saturated carbocycles. The molecule has 2 rings (SSSR count). The van der Waals surface area contributed by atoms with Crippen LogP contribution in [0, 0.1) is 13.8 Å². The molecule has 1 aromatic heterocycles. The van der Waals surface area contributed by atoms with Crippen LogP contribution in [0.4, 0.5) is 5.69 Å². The number of aromatic nitrogens is 2. The van der Waals surface area contributed by atoms with E-state index >= 15 is 0 Å². The Kier molecular flexibility index (Phi) is 7.25. The summed E-state index contributed by atoms with van der Waals surface area (Å²) in [5.41, 5.74) is 3.17. The highest BCUT2D eigenvalue weighted by atomic mass is 16.6. The van der Waals surface area contributed by atoms with E-state index in [2.05, 4.69) is 15.6 Å². The molecule has 1 heterocycles. The summed E-state index contributed by atoms with van der Waals surface area (Å²) in [6.07, 6.45) is 0. The minimum Gasteiger partial charge on any atom is -0.493 e. The summed E-state index contributed by atoms with van der Waals surface area (Å²) in [5.74, 6) is 0.967. The van der Waals surface area contributed by atoms with Gasteiger partial charge in [-0.2, -0.15) is 5.10 Å². The van der Waals surface area contributed by atoms with Gasteiger partial charge < -0.3 is 24.4 Å². The number of rotatable bonds is 9. The molecule has 0 atom stereocenters. The number of amides is 1. The van der Waals surface area contributed by atoms with Crippen LogP contribution in [0.1, 0.15) is 18.3 Å². The minimum atomic E-state index is -0.364. The maximum Gasteiger partial charge on any atom is 0.265 e. The van der Waals surface area contributed by atoms with Crippen LogP contribution < -0.4 is 19.5 Å². The second kappa shape index (κ2) is 9.63. The lowest BCUT2D eigenvalue weighted by Gasteiger charge is -2.14. The second-order valence-electron chi connectivity index (χ2n) is 6.15. The quantitative estimate of drug-likeness (QED) is 0.522. The standard InChI is InChI=1S/C19H26N4O5/c1-12-7-14(3)23(21-12)10-13(2)22-28-11-18(24)20-15-8-16(25-4)19(27-6)17(9-15)26-5/h7-9H,10-11H2,1-6H3,(H,20,24)/b22-13-. The summed E-state index contributed by atoms with van der Waals surface area (Å²) in [7, 11) is 4.53. The van der Waals surface area contributed by atoms with E-state index in [0.29, 0.717) is 35.2 Å². The van der Waals surface area contributed by atoms with E-state index in [1.54, 1.807) is 12.1 Å². The number of oxime groups is 1. The predicted molar refractivity (Wildman–Crippen MR) is 105 cm³/mol. The van der Waals surface area contributed by atoms with Crippen molar-refractivity contribution in [3.05, 3.63) is 29.6 Å². The Labute approximate surface area is 164 Å². The number of aryl methyl sites for hydroxylation is 2. The number of benzene rings is 1. The number of nitrogens with one attached hydrogen (secondary N) is 1. The van der Waals surface area contributed by atoms with E-state index < -0.39 is 0 Å². The molecule has 1 N–H and O–H groups in total. The minimum absolute atomic E-state index is 0.231. The van der Waals surface area contributed by atoms with Crippen LogP contribution in [-0.2, 0) is 16.2 Å². The van der Waals surface area contributed by atoms with E-state index in [9.17, 15) is 4.79 Å². The molecule has 152 valence electrons. The van der Waals surface area contributed by atoms with Gasteiger partial charge in [-0.15, -0.1) is 0 Å². The molecular weight excluding hydrogens is 364 g/mol. The van der Waals surface area contributed by atoms with Crippen LogP contribution in [0.5, 0.6) is 17.2 Å². The molecule has 0 radical (unpaired) electrons. The van der Waals surface area contributed by atoms with Gasteiger partial charge in [-0.05, 0) is 26.8 Å². The first-order valence-electron chi connectivity index (χ1n) is 8.64. The smallest absolute Gasteiger partial charge is 0.265 e. The van der Waals surface area contributed by atoms with Gasteiger partial charge in [-0.25, -0.2) is 0 Å². The number of carbonyl (C=O) groups is 1. The number of methoxy groups -OCH3 is 3. The number of hydrogen-bond acceptors (Lipinski definition) is 7. The summed E-state index contributed by atoms with van der Waals surface area (Å²) in [6, 6.07) is 5.26. The van der Waals surface area contributed by atoms with E-state index in [1.165, 1.54) is 21.3 Å². The van der Waals surface area contributed by atoms with Crippen LogP contribution in [-0.4, -0.2) is 49.3 Å². The zero-order chi connectivity index (χ0) is 20.7. The molecule has 28 heavy (non-hydrogen) atoms. The summed E-state index contributed by atoms with van der Waals surface area (Å²) < 4.78 is 17.6. The first kappa shape index (κ1) is 21.1. The zero-order valence-corrected chi connectivity index (χ0v) is 17.0. The Balaban J connectivity index is 1.94. The van der Waals surface area contributed by atoms with E-state index in [0.717, 1.165) is 11.4 Å². The molecule has 0 fully saturated rings. The molecule has 0 aliphatic heterocycles. The molecule has 0 unspecified atom stereocenters. The fourth-order valence-corrected chi connectivity index (χ4v) is 2.63. The molecule has 0 aliphatic carbocycles. The Hall–Kier alpha value is -3.23. The topological polar surface area (TPSA) is 96.2 Å². The molecule has 0 aliphatic rings. The maximum atomic E-state index is 12.1. The van der Waals surface area contributed by atoms with Crippen LogP contribution in [0.15, 0.2) is 23.4 Å². The Morgan fingerprint density at radius 3 is 2.25 bits per heavy atom. The van der Waals surface area contributed by atoms with Crippen molar-refractivity contribution in [2.45, 2.75) is 27.3 Å². The van der Waals surface area contributed by atoms with Crippen LogP contribution in [0.2, 0.25) is 0 Å². The van der Waals surface area contributed by atoms with Crippen molar-refractivity contribution >= 4 is 17.3 Å². The zero-order valence-electron chi connectivity index (χ0n) is 17.0. The first-order chi connectivity index (χ1) is 13.4. The van der Waals surface area contributed by atoms with Gasteiger partial charge in [-0.1, -0.05) is 5.16 Å². The van der Waals surface area contributed by atoms with Crippen molar-refractivity contribution < 1.29 is 23.8 Å². The first-order valence-corrected chi connectivity index (χ1v) is 8.64. The normalized spacial score (nSPS) is 11.1. The van der Waals surface area contributed by atoms with Gasteiger partial charge in [-0.3, -0.25) is 9.48 Å². The third kappa shape index (κ3) is 5.38. The molecule has 0 spiro atoms. The van der Waals surface area contributed by atoms with Crippen molar-refractivity contribution in [2.24, 2.45) is 5.16 Å². The van der Waals surface area contributed by atoms with E-state index in [4.69, 9.17) is 19.0 Å². The van der Waals surface area contributed by atoms with Gasteiger partial charge >= 0.3 is 0 Å². The van der Waals surface area contributed by atoms with Gasteiger partial charge in [0.2, 0.25) is 5.75 Å². The molecule has 1 aromatic carbocycles. The highest BCUT2D eigenvalue weighted by molar-refractivity contribution is 5.92. The van der Waals surface area contributed by atoms with Crippen LogP contribution in [0.25, 0.3) is 0 Å². The average molecular weight is 390 g/mol. The summed E-state index contributed by atoms with van der Waals surface area (Å²) in [4.78, 5) is 17.3. The Bertz CT molecular complexity index is 835. The number of carbonyl (C=O) groups excluding carboxylic acids is 1. The lowest BCUT2D eigenvalue weighted by molar-refractivity contribution is -0.120. The van der Waals surface area contributed by atoms with Gasteiger partial charge in [0.05, 0.1) is 39.3 Å². The van der Waals surface area contributed by atoms with Crippen molar-refractivity contribution in [3.63, 3.8) is 0 Å². The fraction of sp³-hybridized carbons (Fsp3) is 0.421. The van der Waals surface area contributed by atoms with Crippen LogP contribution in [0.3, 0.4) is 0 Å². The van der Waals surface area contributed by atoms with Gasteiger partial charge in [0, 0.05) is 23.5 Å². The number of anilines is 1. The average Bonchev–Trinajstić information content (AvgIpc) is 2.97. The largest absolute Gasteiger partial charge is 0.493 e. The van der Waals surface area contributed by atoms with Gasteiger partial charge in [0.15, 0.2) is 18.1 Å². The number of nitrogens with zero attached hydrogens (tertiary/aromatic N) is 3. The van der Waals surface area contributed by atoms with Gasteiger partial charge in [0.1, 0.15) is 0 Å². The highest BCUT2D eigenvalue weighted by Crippen LogP contribution is 2.39. The Morgan fingerprint density at radius 2 is 1.75 bits per heavy atom. The molecule has 1 amide bonds. The lowest BCUT2D eigenvalue weighted by Crippen LogP contribution is -2.18. The fourth-order valence-electron chi connectivity index (χ4n) is 2.63. The van der Waals surface area contributed by atoms with Crippen molar-refractivity contribution in [2.75, 3.05) is 33.3 Å². The lowest BCUT2D eigenvalue weighted by atomic mass is 10.2. The predicted octanol–water partition coefficient (Wildman–Crippen LogP) is 2.56. The van der Waals surface area contributed by atoms with E-state index in [-0.39, 0.29) is 12.5 Å². The molecule has 0 saturated heterocycles. The molecular formula is C19H26N4O5. The monoisotopic (exact) mass is 390 g/mol. The SMILES string of the molecule is COc1cc(NC(=O)CO/N=C(/C)Cn2nc(C)cc2C)cc(OC)c1OC. The summed E-state index contributed by atoms with van der Waals surface area (Å²) >= 11 is 0. The van der Waals surface area contributed by atoms with Crippen molar-refractivity contribution in [3.8, 4) is 17.2 Å². The molecule has 9 nitrogen and oxygen atoms in total. The highest BCUT2D eigenvalue weighted by Gasteiger charge is 2.14. The molecule has 2 aromatic rings. The summed E-state index contributed by atoms with van der Waals surface area (Å²) in [5, 5.41) is 11.0. The van der Waals surface area contributed by atoms with Crippen LogP contribution >= 0.6 is 0 Å².